The molecule has 0 aliphatic carbocycles. The van der Waals surface area contributed by atoms with Gasteiger partial charge in [0.25, 0.3) is 5.69 Å². The fraction of sp³-hybridized carbons (Fsp3) is 0.455. The zero-order valence-electron chi connectivity index (χ0n) is 10.6. The lowest BCUT2D eigenvalue weighted by atomic mass is 10.1. The lowest BCUT2D eigenvalue weighted by molar-refractivity contribution is -0.388. The third kappa shape index (κ3) is 3.48. The van der Waals surface area contributed by atoms with Crippen LogP contribution in [-0.4, -0.2) is 26.6 Å². The van der Waals surface area contributed by atoms with Crippen LogP contribution in [0.15, 0.2) is 17.0 Å². The van der Waals surface area contributed by atoms with Crippen molar-refractivity contribution in [3.8, 4) is 0 Å². The molecule has 0 saturated carbocycles. The first-order valence-electron chi connectivity index (χ1n) is 5.61. The van der Waals surface area contributed by atoms with Crippen LogP contribution < -0.4 is 4.72 Å². The van der Waals surface area contributed by atoms with E-state index in [1.165, 1.54) is 26.0 Å². The Bertz CT molecular complexity index is 587. The van der Waals surface area contributed by atoms with Crippen LogP contribution in [-0.2, 0) is 10.0 Å². The molecule has 8 heteroatoms. The number of nitro groups is 1. The second-order valence-electron chi connectivity index (χ2n) is 4.07. The summed E-state index contributed by atoms with van der Waals surface area (Å²) in [6.45, 7) is 2.20. The highest BCUT2D eigenvalue weighted by Gasteiger charge is 2.29. The Labute approximate surface area is 110 Å². The molecule has 0 fully saturated rings. The number of hydrogen-bond acceptors (Lipinski definition) is 4. The lowest BCUT2D eigenvalue weighted by Crippen LogP contribution is -2.26. The fourth-order valence-corrected chi connectivity index (χ4v) is 3.22. The normalized spacial score (nSPS) is 11.5. The second-order valence-corrected chi connectivity index (χ2v) is 5.78. The molecular weight excluding hydrogens is 275 g/mol. The minimum Gasteiger partial charge on any atom is -0.258 e. The average Bonchev–Trinajstić information content (AvgIpc) is 2.31. The molecule has 0 aliphatic heterocycles. The van der Waals surface area contributed by atoms with E-state index in [0.29, 0.717) is 0 Å². The summed E-state index contributed by atoms with van der Waals surface area (Å²) in [5, 5.41) is 11.0. The Balaban J connectivity index is 3.33. The van der Waals surface area contributed by atoms with E-state index < -0.39 is 27.3 Å². The van der Waals surface area contributed by atoms with Crippen molar-refractivity contribution >= 4 is 15.7 Å². The maximum absolute atomic E-state index is 12.1. The third-order valence-electron chi connectivity index (χ3n) is 2.58. The molecular formula is C11H15FN2O4S. The van der Waals surface area contributed by atoms with Crippen molar-refractivity contribution in [3.63, 3.8) is 0 Å². The molecule has 0 radical (unpaired) electrons. The van der Waals surface area contributed by atoms with Gasteiger partial charge in [0.05, 0.1) is 11.6 Å². The van der Waals surface area contributed by atoms with Crippen LogP contribution in [0.5, 0.6) is 0 Å². The zero-order chi connectivity index (χ0) is 14.6. The first kappa shape index (κ1) is 15.5. The van der Waals surface area contributed by atoms with Gasteiger partial charge in [-0.3, -0.25) is 14.5 Å². The predicted octanol–water partition coefficient (Wildman–Crippen LogP) is 1.85. The highest BCUT2D eigenvalue weighted by atomic mass is 32.2. The minimum absolute atomic E-state index is 0.0257. The molecule has 1 N–H and O–H groups in total. The Morgan fingerprint density at radius 3 is 2.42 bits per heavy atom. The Hall–Kier alpha value is -1.54. The van der Waals surface area contributed by atoms with E-state index in [9.17, 15) is 22.9 Å². The molecule has 106 valence electrons. The van der Waals surface area contributed by atoms with Gasteiger partial charge in [-0.05, 0) is 25.8 Å². The molecule has 0 atom stereocenters. The number of halogens is 1. The summed E-state index contributed by atoms with van der Waals surface area (Å²) in [5.74, 6) is 0. The van der Waals surface area contributed by atoms with Gasteiger partial charge < -0.3 is 0 Å². The maximum atomic E-state index is 12.1. The van der Waals surface area contributed by atoms with Gasteiger partial charge >= 0.3 is 0 Å². The van der Waals surface area contributed by atoms with E-state index in [4.69, 9.17) is 0 Å². The van der Waals surface area contributed by atoms with Crippen LogP contribution in [0.1, 0.15) is 17.5 Å². The van der Waals surface area contributed by atoms with Crippen molar-refractivity contribution in [2.75, 3.05) is 13.2 Å². The van der Waals surface area contributed by atoms with Crippen molar-refractivity contribution < 1.29 is 17.7 Å². The number of nitrogens with one attached hydrogen (secondary N) is 1. The first-order valence-corrected chi connectivity index (χ1v) is 7.09. The van der Waals surface area contributed by atoms with Crippen molar-refractivity contribution in [2.45, 2.75) is 25.2 Å². The van der Waals surface area contributed by atoms with Gasteiger partial charge in [0.15, 0.2) is 4.90 Å². The number of nitrogens with zero attached hydrogens (tertiary/aromatic N) is 1. The van der Waals surface area contributed by atoms with Crippen LogP contribution >= 0.6 is 0 Å². The molecule has 1 aromatic rings. The molecule has 0 aliphatic rings. The molecule has 1 rings (SSSR count). The van der Waals surface area contributed by atoms with Gasteiger partial charge in [-0.2, -0.15) is 0 Å². The largest absolute Gasteiger partial charge is 0.292 e. The summed E-state index contributed by atoms with van der Waals surface area (Å²) in [4.78, 5) is 9.96. The van der Waals surface area contributed by atoms with Crippen LogP contribution in [0.3, 0.4) is 0 Å². The van der Waals surface area contributed by atoms with E-state index in [0.717, 1.165) is 0 Å². The molecule has 0 bridgehead atoms. The highest BCUT2D eigenvalue weighted by Crippen LogP contribution is 2.30. The topological polar surface area (TPSA) is 89.3 Å². The number of rotatable bonds is 6. The summed E-state index contributed by atoms with van der Waals surface area (Å²) in [5.41, 5.74) is 0.110. The molecule has 0 heterocycles. The van der Waals surface area contributed by atoms with Crippen LogP contribution in [0.2, 0.25) is 0 Å². The van der Waals surface area contributed by atoms with Gasteiger partial charge in [0.2, 0.25) is 10.0 Å². The molecule has 0 amide bonds. The zero-order valence-corrected chi connectivity index (χ0v) is 11.5. The Kier molecular flexibility index (Phi) is 4.96. The maximum Gasteiger partial charge on any atom is 0.292 e. The van der Waals surface area contributed by atoms with E-state index in [2.05, 4.69) is 4.72 Å². The Morgan fingerprint density at radius 1 is 1.32 bits per heavy atom. The minimum atomic E-state index is -4.02. The predicted molar refractivity (Wildman–Crippen MR) is 68.4 cm³/mol. The van der Waals surface area contributed by atoms with Crippen molar-refractivity contribution in [1.29, 1.82) is 0 Å². The summed E-state index contributed by atoms with van der Waals surface area (Å²) < 4.78 is 38.3. The molecule has 0 saturated heterocycles. The fourth-order valence-electron chi connectivity index (χ4n) is 1.68. The molecule has 19 heavy (non-hydrogen) atoms. The first-order chi connectivity index (χ1) is 8.81. The van der Waals surface area contributed by atoms with Crippen molar-refractivity contribution in [1.82, 2.24) is 4.72 Å². The summed E-state index contributed by atoms with van der Waals surface area (Å²) in [7, 11) is -4.02. The van der Waals surface area contributed by atoms with Crippen LogP contribution in [0.4, 0.5) is 10.1 Å². The number of aryl methyl sites for hydroxylation is 2. The third-order valence-corrected chi connectivity index (χ3v) is 4.22. The van der Waals surface area contributed by atoms with E-state index in [-0.39, 0.29) is 29.0 Å². The van der Waals surface area contributed by atoms with Gasteiger partial charge in [0.1, 0.15) is 0 Å². The summed E-state index contributed by atoms with van der Waals surface area (Å²) in [6.07, 6.45) is 0.0257. The summed E-state index contributed by atoms with van der Waals surface area (Å²) in [6, 6.07) is 3.00. The molecule has 0 spiro atoms. The van der Waals surface area contributed by atoms with Crippen molar-refractivity contribution in [3.05, 3.63) is 33.4 Å². The van der Waals surface area contributed by atoms with Gasteiger partial charge in [-0.25, -0.2) is 13.1 Å². The molecule has 0 unspecified atom stereocenters. The van der Waals surface area contributed by atoms with E-state index in [1.54, 1.807) is 0 Å². The molecule has 1 aromatic carbocycles. The monoisotopic (exact) mass is 290 g/mol. The number of nitro benzene ring substituents is 1. The standard InChI is InChI=1S/C11H15FN2O4S/c1-8-4-5-9(2)11(10(8)14(15)16)19(17,18)13-7-3-6-12/h4-5,13H,3,6-7H2,1-2H3. The lowest BCUT2D eigenvalue weighted by Gasteiger charge is -2.10. The van der Waals surface area contributed by atoms with Gasteiger partial charge in [-0.15, -0.1) is 0 Å². The molecule has 0 aromatic heterocycles. The summed E-state index contributed by atoms with van der Waals surface area (Å²) >= 11 is 0. The van der Waals surface area contributed by atoms with Gasteiger partial charge in [-0.1, -0.05) is 12.1 Å². The van der Waals surface area contributed by atoms with Crippen LogP contribution in [0.25, 0.3) is 0 Å². The number of hydrogen-bond donors (Lipinski definition) is 1. The second kappa shape index (κ2) is 6.07. The van der Waals surface area contributed by atoms with E-state index in [1.807, 2.05) is 0 Å². The van der Waals surface area contributed by atoms with E-state index >= 15 is 0 Å². The number of benzene rings is 1. The Morgan fingerprint density at radius 2 is 1.89 bits per heavy atom. The van der Waals surface area contributed by atoms with Gasteiger partial charge in [0, 0.05) is 12.1 Å². The average molecular weight is 290 g/mol. The number of sulfonamides is 1. The number of alkyl halides is 1. The quantitative estimate of drug-likeness (QED) is 0.492. The molecule has 6 nitrogen and oxygen atoms in total. The highest BCUT2D eigenvalue weighted by molar-refractivity contribution is 7.89. The van der Waals surface area contributed by atoms with Crippen LogP contribution in [0, 0.1) is 24.0 Å². The SMILES string of the molecule is Cc1ccc(C)c(S(=O)(=O)NCCCF)c1[N+](=O)[O-]. The van der Waals surface area contributed by atoms with Crippen molar-refractivity contribution in [2.24, 2.45) is 0 Å². The smallest absolute Gasteiger partial charge is 0.258 e.